The van der Waals surface area contributed by atoms with Crippen LogP contribution in [0.5, 0.6) is 0 Å². The average Bonchev–Trinajstić information content (AvgIpc) is 2.55. The van der Waals surface area contributed by atoms with Gasteiger partial charge >= 0.3 is 0 Å². The molecule has 1 N–H and O–H groups in total. The molecule has 0 bridgehead atoms. The summed E-state index contributed by atoms with van der Waals surface area (Å²) in [4.78, 5) is 16.8. The molecule has 2 aromatic rings. The molecule has 0 amide bonds. The summed E-state index contributed by atoms with van der Waals surface area (Å²) in [6.45, 7) is 0. The van der Waals surface area contributed by atoms with Crippen LogP contribution in [0.15, 0.2) is 75.9 Å². The largest absolute Gasteiger partial charge is 0.453 e. The summed E-state index contributed by atoms with van der Waals surface area (Å²) in [5.41, 5.74) is 3.29. The van der Waals surface area contributed by atoms with Gasteiger partial charge in [-0.05, 0) is 30.3 Å². The quantitative estimate of drug-likeness (QED) is 0.566. The van der Waals surface area contributed by atoms with E-state index in [9.17, 15) is 4.79 Å². The summed E-state index contributed by atoms with van der Waals surface area (Å²) in [5.74, 6) is 0.488. The molecule has 106 valence electrons. The molecule has 4 heteroatoms. The highest BCUT2D eigenvalue weighted by molar-refractivity contribution is 5.77. The maximum Gasteiger partial charge on any atom is 0.205 e. The van der Waals surface area contributed by atoms with Crippen molar-refractivity contribution >= 4 is 22.5 Å². The minimum absolute atomic E-state index is 0.128. The Balaban J connectivity index is 1.87. The van der Waals surface area contributed by atoms with Gasteiger partial charge in [0, 0.05) is 11.8 Å². The Kier molecular flexibility index (Phi) is 2.86. The van der Waals surface area contributed by atoms with Gasteiger partial charge in [-0.15, -0.1) is 0 Å². The molecule has 1 aliphatic heterocycles. The molecule has 0 radical (unpaired) electrons. The molecule has 0 aromatic heterocycles. The average molecular weight is 288 g/mol. The molecular weight excluding hydrogens is 276 g/mol. The molecule has 0 saturated carbocycles. The van der Waals surface area contributed by atoms with Crippen LogP contribution in [-0.2, 0) is 0 Å². The molecular formula is C18H12N2O2. The number of hydrogen-bond acceptors (Lipinski definition) is 4. The fourth-order valence-electron chi connectivity index (χ4n) is 2.38. The number of rotatable bonds is 2. The summed E-state index contributed by atoms with van der Waals surface area (Å²) in [6.07, 6.45) is 0. The Morgan fingerprint density at radius 3 is 2.55 bits per heavy atom. The van der Waals surface area contributed by atoms with E-state index in [2.05, 4.69) is 10.3 Å². The highest BCUT2D eigenvalue weighted by Gasteiger charge is 2.12. The zero-order valence-corrected chi connectivity index (χ0v) is 11.6. The smallest absolute Gasteiger partial charge is 0.205 e. The Morgan fingerprint density at radius 1 is 0.909 bits per heavy atom. The molecule has 0 unspecified atom stereocenters. The van der Waals surface area contributed by atoms with Crippen molar-refractivity contribution in [2.45, 2.75) is 0 Å². The van der Waals surface area contributed by atoms with Gasteiger partial charge in [0.15, 0.2) is 11.3 Å². The highest BCUT2D eigenvalue weighted by Crippen LogP contribution is 2.26. The van der Waals surface area contributed by atoms with E-state index in [1.165, 1.54) is 6.07 Å². The third-order valence-corrected chi connectivity index (χ3v) is 3.44. The van der Waals surface area contributed by atoms with Crippen molar-refractivity contribution in [2.24, 2.45) is 0 Å². The molecule has 0 fully saturated rings. The molecule has 0 saturated heterocycles. The molecule has 1 aliphatic carbocycles. The molecule has 2 aromatic carbocycles. The first-order valence-electron chi connectivity index (χ1n) is 6.95. The third kappa shape index (κ3) is 2.20. The van der Waals surface area contributed by atoms with Crippen molar-refractivity contribution in [1.82, 2.24) is 4.98 Å². The number of para-hydroxylation sites is 3. The summed E-state index contributed by atoms with van der Waals surface area (Å²) in [5, 5.41) is 3.12. The van der Waals surface area contributed by atoms with Crippen LogP contribution in [0.1, 0.15) is 0 Å². The van der Waals surface area contributed by atoms with E-state index in [-0.39, 0.29) is 5.43 Å². The van der Waals surface area contributed by atoms with Crippen LogP contribution in [-0.4, -0.2) is 4.98 Å². The lowest BCUT2D eigenvalue weighted by atomic mass is 10.2. The number of nitrogens with zero attached hydrogens (tertiary/aromatic N) is 1. The number of fused-ring (bicyclic) bond motifs is 2. The van der Waals surface area contributed by atoms with Crippen molar-refractivity contribution in [3.63, 3.8) is 0 Å². The zero-order chi connectivity index (χ0) is 14.9. The van der Waals surface area contributed by atoms with Gasteiger partial charge in [-0.1, -0.05) is 30.3 Å². The number of nitrogens with one attached hydrogen (secondary N) is 1. The van der Waals surface area contributed by atoms with Gasteiger partial charge in [0.1, 0.15) is 11.2 Å². The van der Waals surface area contributed by atoms with E-state index in [4.69, 9.17) is 4.42 Å². The van der Waals surface area contributed by atoms with Crippen molar-refractivity contribution in [1.29, 1.82) is 0 Å². The van der Waals surface area contributed by atoms with E-state index in [1.54, 1.807) is 6.07 Å². The Hall–Kier alpha value is -3.14. The molecule has 22 heavy (non-hydrogen) atoms. The fraction of sp³-hybridized carbons (Fsp3) is 0. The lowest BCUT2D eigenvalue weighted by Crippen LogP contribution is -2.08. The monoisotopic (exact) mass is 288 g/mol. The van der Waals surface area contributed by atoms with E-state index in [0.29, 0.717) is 22.7 Å². The molecule has 0 atom stereocenters. The number of hydrogen-bond donors (Lipinski definition) is 1. The normalized spacial score (nSPS) is 10.9. The van der Waals surface area contributed by atoms with E-state index in [0.717, 1.165) is 11.2 Å². The number of anilines is 2. The van der Waals surface area contributed by atoms with E-state index in [1.807, 2.05) is 54.6 Å². The van der Waals surface area contributed by atoms with Gasteiger partial charge in [-0.3, -0.25) is 4.79 Å². The molecule has 0 spiro atoms. The second-order valence-electron chi connectivity index (χ2n) is 4.99. The summed E-state index contributed by atoms with van der Waals surface area (Å²) in [7, 11) is 0. The molecule has 4 rings (SSSR count). The minimum atomic E-state index is -0.128. The van der Waals surface area contributed by atoms with Crippen LogP contribution in [0.2, 0.25) is 0 Å². The van der Waals surface area contributed by atoms with Crippen molar-refractivity contribution in [2.75, 3.05) is 5.32 Å². The SMILES string of the molecule is O=c1cc2oc3ccccc3nc-2cc1Nc1ccccc1. The van der Waals surface area contributed by atoms with Crippen LogP contribution in [0.3, 0.4) is 0 Å². The maximum absolute atomic E-state index is 12.2. The number of benzene rings is 3. The van der Waals surface area contributed by atoms with E-state index < -0.39 is 0 Å². The van der Waals surface area contributed by atoms with Gasteiger partial charge in [-0.25, -0.2) is 4.98 Å². The Bertz CT molecular complexity index is 977. The maximum atomic E-state index is 12.2. The van der Waals surface area contributed by atoms with Crippen molar-refractivity contribution < 1.29 is 4.42 Å². The molecule has 2 aliphatic rings. The van der Waals surface area contributed by atoms with Gasteiger partial charge in [0.05, 0.1) is 5.69 Å². The van der Waals surface area contributed by atoms with Gasteiger partial charge in [0.25, 0.3) is 0 Å². The van der Waals surface area contributed by atoms with Crippen LogP contribution in [0.25, 0.3) is 22.6 Å². The van der Waals surface area contributed by atoms with Gasteiger partial charge in [-0.2, -0.15) is 0 Å². The van der Waals surface area contributed by atoms with Crippen LogP contribution in [0.4, 0.5) is 11.4 Å². The van der Waals surface area contributed by atoms with Crippen LogP contribution >= 0.6 is 0 Å². The highest BCUT2D eigenvalue weighted by atomic mass is 16.3. The Morgan fingerprint density at radius 2 is 1.68 bits per heavy atom. The summed E-state index contributed by atoms with van der Waals surface area (Å²) >= 11 is 0. The fourth-order valence-corrected chi connectivity index (χ4v) is 2.38. The lowest BCUT2D eigenvalue weighted by Gasteiger charge is -2.09. The topological polar surface area (TPSA) is 55.1 Å². The van der Waals surface area contributed by atoms with E-state index >= 15 is 0 Å². The first kappa shape index (κ1) is 12.6. The standard InChI is InChI=1S/C18H12N2O2/c21-16-11-18-15(20-13-8-4-5-9-17(13)22-18)10-14(16)19-12-6-2-1-3-7-12/h1-11,19H. The second-order valence-corrected chi connectivity index (χ2v) is 4.99. The van der Waals surface area contributed by atoms with Crippen LogP contribution < -0.4 is 10.7 Å². The predicted octanol–water partition coefficient (Wildman–Crippen LogP) is 4.04. The third-order valence-electron chi connectivity index (χ3n) is 3.44. The minimum Gasteiger partial charge on any atom is -0.453 e. The van der Waals surface area contributed by atoms with Crippen LogP contribution in [0, 0.1) is 0 Å². The first-order chi connectivity index (χ1) is 10.8. The Labute approximate surface area is 126 Å². The number of aromatic nitrogens is 1. The predicted molar refractivity (Wildman–Crippen MR) is 86.6 cm³/mol. The van der Waals surface area contributed by atoms with Gasteiger partial charge < -0.3 is 9.73 Å². The summed E-state index contributed by atoms with van der Waals surface area (Å²) in [6, 6.07) is 20.3. The second kappa shape index (κ2) is 5.00. The molecule has 4 nitrogen and oxygen atoms in total. The lowest BCUT2D eigenvalue weighted by molar-refractivity contribution is 0.612. The zero-order valence-electron chi connectivity index (χ0n) is 11.6. The summed E-state index contributed by atoms with van der Waals surface area (Å²) < 4.78 is 5.74. The first-order valence-corrected chi connectivity index (χ1v) is 6.95. The van der Waals surface area contributed by atoms with Crippen molar-refractivity contribution in [3.8, 4) is 11.5 Å². The van der Waals surface area contributed by atoms with Gasteiger partial charge in [0.2, 0.25) is 5.43 Å². The van der Waals surface area contributed by atoms with Crippen molar-refractivity contribution in [3.05, 3.63) is 77.0 Å². The molecule has 1 heterocycles.